The summed E-state index contributed by atoms with van der Waals surface area (Å²) in [6.07, 6.45) is 3.55. The number of fused-ring (bicyclic) bond motifs is 2. The highest BCUT2D eigenvalue weighted by atomic mass is 35.5. The number of benzene rings is 1. The Hall–Kier alpha value is -1.71. The lowest BCUT2D eigenvalue weighted by atomic mass is 9.91. The molecule has 2 saturated heterocycles. The molecule has 1 amide bonds. The van der Waals surface area contributed by atoms with E-state index in [1.807, 2.05) is 25.1 Å². The van der Waals surface area contributed by atoms with Gasteiger partial charge < -0.3 is 9.64 Å². The summed E-state index contributed by atoms with van der Waals surface area (Å²) in [5.41, 5.74) is 0.759. The molecular weight excluding hydrogens is 485 g/mol. The van der Waals surface area contributed by atoms with E-state index in [9.17, 15) is 13.2 Å². The van der Waals surface area contributed by atoms with Crippen LogP contribution in [0.15, 0.2) is 47.5 Å². The highest BCUT2D eigenvalue weighted by Crippen LogP contribution is 2.39. The van der Waals surface area contributed by atoms with E-state index in [2.05, 4.69) is 4.98 Å². The number of piperidine rings is 1. The minimum absolute atomic E-state index is 0.00732. The molecule has 0 spiro atoms. The molecule has 2 aliphatic rings. The number of hydrogen-bond acceptors (Lipinski definition) is 5. The van der Waals surface area contributed by atoms with Crippen molar-refractivity contribution in [1.29, 1.82) is 0 Å². The third-order valence-corrected chi connectivity index (χ3v) is 8.88. The minimum atomic E-state index is -4.04. The summed E-state index contributed by atoms with van der Waals surface area (Å²) in [5, 5.41) is 0.456. The first kappa shape index (κ1) is 24.4. The van der Waals surface area contributed by atoms with Crippen LogP contribution >= 0.6 is 23.2 Å². The second kappa shape index (κ2) is 9.88. The maximum atomic E-state index is 13.9. The van der Waals surface area contributed by atoms with Crippen LogP contribution in [0.2, 0.25) is 10.0 Å². The fourth-order valence-corrected chi connectivity index (χ4v) is 7.61. The van der Waals surface area contributed by atoms with E-state index in [0.29, 0.717) is 26.0 Å². The lowest BCUT2D eigenvalue weighted by Gasteiger charge is -2.40. The Balaban J connectivity index is 1.79. The average molecular weight is 512 g/mol. The number of aromatic nitrogens is 1. The number of nitrogens with zero attached hydrogens (tertiary/aromatic N) is 3. The zero-order valence-corrected chi connectivity index (χ0v) is 20.9. The molecular formula is C23H27Cl2N3O4S. The number of methoxy groups -OCH3 is 1. The van der Waals surface area contributed by atoms with Crippen LogP contribution < -0.4 is 0 Å². The van der Waals surface area contributed by atoms with E-state index < -0.39 is 16.1 Å². The lowest BCUT2D eigenvalue weighted by Crippen LogP contribution is -2.55. The molecule has 2 fully saturated rings. The van der Waals surface area contributed by atoms with Crippen molar-refractivity contribution in [3.63, 3.8) is 0 Å². The molecule has 2 aliphatic heterocycles. The van der Waals surface area contributed by atoms with Gasteiger partial charge in [-0.25, -0.2) is 8.42 Å². The van der Waals surface area contributed by atoms with Gasteiger partial charge in [-0.15, -0.1) is 0 Å². The molecule has 3 heterocycles. The summed E-state index contributed by atoms with van der Waals surface area (Å²) in [4.78, 5) is 20.0. The van der Waals surface area contributed by atoms with Crippen molar-refractivity contribution in [2.75, 3.05) is 20.3 Å². The molecule has 7 nitrogen and oxygen atoms in total. The number of pyridine rings is 1. The van der Waals surface area contributed by atoms with E-state index >= 15 is 0 Å². The molecule has 10 heteroatoms. The number of rotatable bonds is 6. The summed E-state index contributed by atoms with van der Waals surface area (Å²) in [6.45, 7) is 2.64. The van der Waals surface area contributed by atoms with Gasteiger partial charge in [0.1, 0.15) is 6.04 Å². The molecule has 0 aliphatic carbocycles. The van der Waals surface area contributed by atoms with Crippen molar-refractivity contribution >= 4 is 39.1 Å². The van der Waals surface area contributed by atoms with Gasteiger partial charge in [-0.3, -0.25) is 9.78 Å². The molecule has 33 heavy (non-hydrogen) atoms. The predicted octanol–water partition coefficient (Wildman–Crippen LogP) is 4.17. The molecule has 2 aromatic rings. The molecule has 0 N–H and O–H groups in total. The van der Waals surface area contributed by atoms with Gasteiger partial charge in [-0.05, 0) is 56.5 Å². The Labute approximate surface area is 204 Å². The first-order chi connectivity index (χ1) is 15.7. The highest BCUT2D eigenvalue weighted by Gasteiger charge is 2.51. The molecule has 4 rings (SSSR count). The van der Waals surface area contributed by atoms with Crippen LogP contribution in [-0.2, 0) is 19.6 Å². The minimum Gasteiger partial charge on any atom is -0.384 e. The predicted molar refractivity (Wildman–Crippen MR) is 127 cm³/mol. The second-order valence-electron chi connectivity index (χ2n) is 8.59. The third kappa shape index (κ3) is 4.77. The van der Waals surface area contributed by atoms with Gasteiger partial charge >= 0.3 is 0 Å². The fraction of sp³-hybridized carbons (Fsp3) is 0.478. The zero-order valence-electron chi connectivity index (χ0n) is 18.5. The van der Waals surface area contributed by atoms with Crippen molar-refractivity contribution in [2.45, 2.75) is 49.2 Å². The SMILES string of the molecule is COC[C@H]1CN([C@@H](C)c2ccccn2)C(=O)[C@@H]2CCC[C@H]1N2S(=O)(=O)c1cc(Cl)cc(Cl)c1. The molecule has 1 aromatic heterocycles. The molecule has 2 bridgehead atoms. The van der Waals surface area contributed by atoms with Gasteiger partial charge in [0.2, 0.25) is 15.9 Å². The van der Waals surface area contributed by atoms with Crippen LogP contribution in [-0.4, -0.2) is 60.9 Å². The maximum Gasteiger partial charge on any atom is 0.244 e. The van der Waals surface area contributed by atoms with Crippen LogP contribution in [0.4, 0.5) is 0 Å². The molecule has 0 unspecified atom stereocenters. The number of hydrogen-bond donors (Lipinski definition) is 0. The van der Waals surface area contributed by atoms with Crippen LogP contribution in [0.1, 0.15) is 37.9 Å². The first-order valence-electron chi connectivity index (χ1n) is 10.9. The highest BCUT2D eigenvalue weighted by molar-refractivity contribution is 7.89. The molecule has 178 valence electrons. The number of carbonyl (C=O) groups excluding carboxylic acids is 1. The third-order valence-electron chi connectivity index (χ3n) is 6.53. The van der Waals surface area contributed by atoms with Gasteiger partial charge in [-0.2, -0.15) is 4.31 Å². The summed E-state index contributed by atoms with van der Waals surface area (Å²) in [6, 6.07) is 8.35. The topological polar surface area (TPSA) is 79.8 Å². The molecule has 1 aromatic carbocycles. The number of carbonyl (C=O) groups is 1. The lowest BCUT2D eigenvalue weighted by molar-refractivity contribution is -0.137. The molecule has 0 radical (unpaired) electrons. The van der Waals surface area contributed by atoms with E-state index in [0.717, 1.165) is 12.1 Å². The number of sulfonamides is 1. The first-order valence-corrected chi connectivity index (χ1v) is 13.1. The number of ether oxygens (including phenoxy) is 1. The normalized spacial score (nSPS) is 25.0. The second-order valence-corrected chi connectivity index (χ2v) is 11.3. The molecule has 0 saturated carbocycles. The Morgan fingerprint density at radius 1 is 1.18 bits per heavy atom. The Kier molecular flexibility index (Phi) is 7.31. The fourth-order valence-electron chi connectivity index (χ4n) is 4.99. The van der Waals surface area contributed by atoms with Crippen molar-refractivity contribution in [1.82, 2.24) is 14.2 Å². The van der Waals surface area contributed by atoms with Crippen LogP contribution in [0.25, 0.3) is 0 Å². The Bertz CT molecular complexity index is 1100. The Morgan fingerprint density at radius 3 is 2.55 bits per heavy atom. The van der Waals surface area contributed by atoms with Crippen molar-refractivity contribution in [2.24, 2.45) is 5.92 Å². The van der Waals surface area contributed by atoms with Gasteiger partial charge in [0.05, 0.1) is 23.2 Å². The summed E-state index contributed by atoms with van der Waals surface area (Å²) in [7, 11) is -2.45. The monoisotopic (exact) mass is 511 g/mol. The largest absolute Gasteiger partial charge is 0.384 e. The van der Waals surface area contributed by atoms with E-state index in [1.54, 1.807) is 18.2 Å². The van der Waals surface area contributed by atoms with Crippen LogP contribution in [0.5, 0.6) is 0 Å². The van der Waals surface area contributed by atoms with Gasteiger partial charge in [0.15, 0.2) is 0 Å². The number of halogens is 2. The summed E-state index contributed by atoms with van der Waals surface area (Å²) >= 11 is 12.2. The van der Waals surface area contributed by atoms with Gasteiger partial charge in [-0.1, -0.05) is 29.3 Å². The van der Waals surface area contributed by atoms with Crippen LogP contribution in [0.3, 0.4) is 0 Å². The Morgan fingerprint density at radius 2 is 1.91 bits per heavy atom. The molecule has 4 atom stereocenters. The van der Waals surface area contributed by atoms with E-state index in [4.69, 9.17) is 27.9 Å². The smallest absolute Gasteiger partial charge is 0.244 e. The van der Waals surface area contributed by atoms with Crippen molar-refractivity contribution < 1.29 is 17.9 Å². The van der Waals surface area contributed by atoms with Crippen molar-refractivity contribution in [3.8, 4) is 0 Å². The van der Waals surface area contributed by atoms with Gasteiger partial charge in [0, 0.05) is 41.9 Å². The van der Waals surface area contributed by atoms with E-state index in [-0.39, 0.29) is 38.8 Å². The zero-order chi connectivity index (χ0) is 23.8. The van der Waals surface area contributed by atoms with Gasteiger partial charge in [0.25, 0.3) is 0 Å². The number of amides is 1. The summed E-state index contributed by atoms with van der Waals surface area (Å²) < 4.78 is 34.7. The van der Waals surface area contributed by atoms with Crippen molar-refractivity contribution in [3.05, 3.63) is 58.3 Å². The maximum absolute atomic E-state index is 13.9. The standard InChI is InChI=1S/C23H27Cl2N3O4S/c1-15(20-6-3-4-9-26-20)27-13-16(14-32-2)21-7-5-8-22(23(27)29)28(21)33(30,31)19-11-17(24)10-18(25)12-19/h3-4,6,9-12,15-16,21-22H,5,7-8,13-14H2,1-2H3/t15-,16+,21+,22-/m0/s1. The van der Waals surface area contributed by atoms with Crippen LogP contribution in [0, 0.1) is 5.92 Å². The summed E-state index contributed by atoms with van der Waals surface area (Å²) in [5.74, 6) is -0.409. The quantitative estimate of drug-likeness (QED) is 0.581. The van der Waals surface area contributed by atoms with E-state index in [1.165, 1.54) is 22.5 Å². The average Bonchev–Trinajstić information content (AvgIpc) is 2.86.